The van der Waals surface area contributed by atoms with Gasteiger partial charge in [0.15, 0.2) is 0 Å². The van der Waals surface area contributed by atoms with Crippen LogP contribution in [0.3, 0.4) is 0 Å². The van der Waals surface area contributed by atoms with Gasteiger partial charge in [-0.05, 0) is 24.6 Å². The fourth-order valence-electron chi connectivity index (χ4n) is 1.52. The van der Waals surface area contributed by atoms with E-state index in [1.54, 1.807) is 0 Å². The molecule has 0 bridgehead atoms. The number of hydrogen-bond donors (Lipinski definition) is 2. The predicted molar refractivity (Wildman–Crippen MR) is 71.1 cm³/mol. The van der Waals surface area contributed by atoms with Crippen molar-refractivity contribution < 1.29 is 14.0 Å². The molecule has 0 atom stereocenters. The van der Waals surface area contributed by atoms with Gasteiger partial charge in [-0.2, -0.15) is 0 Å². The maximum absolute atomic E-state index is 13.6. The molecule has 1 aromatic rings. The Morgan fingerprint density at radius 2 is 2.11 bits per heavy atom. The standard InChI is InChI=1S/C13H18FN3O2/c1-3-6-16-12(18)8-17(2)13(19)10-5-4-9(15)7-11(10)14/h4-5,7H,3,6,8,15H2,1-2H3,(H,16,18). The summed E-state index contributed by atoms with van der Waals surface area (Å²) < 4.78 is 13.6. The SMILES string of the molecule is CCCNC(=O)CN(C)C(=O)c1ccc(N)cc1F. The Kier molecular flexibility index (Phi) is 5.29. The van der Waals surface area contributed by atoms with Crippen LogP contribution in [0.15, 0.2) is 18.2 Å². The summed E-state index contributed by atoms with van der Waals surface area (Å²) in [6, 6.07) is 3.84. The predicted octanol–water partition coefficient (Wildman–Crippen LogP) is 1.01. The van der Waals surface area contributed by atoms with E-state index >= 15 is 0 Å². The summed E-state index contributed by atoms with van der Waals surface area (Å²) in [5, 5.41) is 2.65. The summed E-state index contributed by atoms with van der Waals surface area (Å²) in [4.78, 5) is 24.6. The molecule has 0 radical (unpaired) electrons. The number of rotatable bonds is 5. The van der Waals surface area contributed by atoms with Crippen LogP contribution >= 0.6 is 0 Å². The molecule has 0 aliphatic rings. The molecule has 0 aliphatic heterocycles. The largest absolute Gasteiger partial charge is 0.399 e. The van der Waals surface area contributed by atoms with Gasteiger partial charge in [-0.15, -0.1) is 0 Å². The smallest absolute Gasteiger partial charge is 0.257 e. The van der Waals surface area contributed by atoms with Crippen molar-refractivity contribution in [1.82, 2.24) is 10.2 Å². The quantitative estimate of drug-likeness (QED) is 0.782. The van der Waals surface area contributed by atoms with Crippen molar-refractivity contribution in [3.63, 3.8) is 0 Å². The van der Waals surface area contributed by atoms with E-state index in [-0.39, 0.29) is 23.7 Å². The highest BCUT2D eigenvalue weighted by atomic mass is 19.1. The second-order valence-corrected chi connectivity index (χ2v) is 4.25. The molecule has 0 saturated carbocycles. The molecule has 6 heteroatoms. The lowest BCUT2D eigenvalue weighted by molar-refractivity contribution is -0.121. The lowest BCUT2D eigenvalue weighted by atomic mass is 10.1. The molecule has 19 heavy (non-hydrogen) atoms. The first kappa shape index (κ1) is 14.9. The number of likely N-dealkylation sites (N-methyl/N-ethyl adjacent to an activating group) is 1. The van der Waals surface area contributed by atoms with Crippen molar-refractivity contribution in [2.75, 3.05) is 25.9 Å². The molecule has 5 nitrogen and oxygen atoms in total. The molecule has 3 N–H and O–H groups in total. The second kappa shape index (κ2) is 6.72. The number of nitrogens with two attached hydrogens (primary N) is 1. The third kappa shape index (κ3) is 4.24. The van der Waals surface area contributed by atoms with E-state index in [0.29, 0.717) is 6.54 Å². The molecule has 0 fully saturated rings. The van der Waals surface area contributed by atoms with E-state index in [1.165, 1.54) is 24.1 Å². The van der Waals surface area contributed by atoms with Crippen LogP contribution in [0.4, 0.5) is 10.1 Å². The number of anilines is 1. The highest BCUT2D eigenvalue weighted by Crippen LogP contribution is 2.13. The zero-order valence-corrected chi connectivity index (χ0v) is 11.1. The molecule has 104 valence electrons. The van der Waals surface area contributed by atoms with Crippen LogP contribution < -0.4 is 11.1 Å². The fourth-order valence-corrected chi connectivity index (χ4v) is 1.52. The van der Waals surface area contributed by atoms with Gasteiger partial charge < -0.3 is 16.0 Å². The van der Waals surface area contributed by atoms with Crippen molar-refractivity contribution in [3.05, 3.63) is 29.6 Å². The number of hydrogen-bond acceptors (Lipinski definition) is 3. The third-order valence-electron chi connectivity index (χ3n) is 2.52. The first-order valence-corrected chi connectivity index (χ1v) is 6.03. The molecule has 0 aromatic heterocycles. The van der Waals surface area contributed by atoms with Gasteiger partial charge in [0.1, 0.15) is 5.82 Å². The van der Waals surface area contributed by atoms with E-state index in [4.69, 9.17) is 5.73 Å². The Balaban J connectivity index is 2.69. The zero-order valence-electron chi connectivity index (χ0n) is 11.1. The summed E-state index contributed by atoms with van der Waals surface area (Å²) in [5.41, 5.74) is 5.56. The van der Waals surface area contributed by atoms with Gasteiger partial charge in [-0.3, -0.25) is 9.59 Å². The molecule has 2 amide bonds. The normalized spacial score (nSPS) is 10.1. The Hall–Kier alpha value is -2.11. The van der Waals surface area contributed by atoms with E-state index in [1.807, 2.05) is 6.92 Å². The molecular formula is C13H18FN3O2. The van der Waals surface area contributed by atoms with Crippen molar-refractivity contribution in [1.29, 1.82) is 0 Å². The second-order valence-electron chi connectivity index (χ2n) is 4.25. The Labute approximate surface area is 111 Å². The van der Waals surface area contributed by atoms with Crippen molar-refractivity contribution in [2.24, 2.45) is 0 Å². The van der Waals surface area contributed by atoms with Crippen LogP contribution in [-0.4, -0.2) is 36.9 Å². The van der Waals surface area contributed by atoms with Crippen LogP contribution in [0.2, 0.25) is 0 Å². The molecule has 1 rings (SSSR count). The maximum atomic E-state index is 13.6. The molecule has 0 saturated heterocycles. The number of nitrogen functional groups attached to an aromatic ring is 1. The van der Waals surface area contributed by atoms with Gasteiger partial charge in [0.25, 0.3) is 5.91 Å². The van der Waals surface area contributed by atoms with Crippen molar-refractivity contribution in [3.8, 4) is 0 Å². The molecule has 0 aliphatic carbocycles. The van der Waals surface area contributed by atoms with Gasteiger partial charge in [0.2, 0.25) is 5.91 Å². The molecule has 1 aromatic carbocycles. The highest BCUT2D eigenvalue weighted by molar-refractivity contribution is 5.96. The minimum absolute atomic E-state index is 0.0972. The third-order valence-corrected chi connectivity index (χ3v) is 2.52. The average Bonchev–Trinajstić information content (AvgIpc) is 2.35. The minimum atomic E-state index is -0.689. The molecule has 0 unspecified atom stereocenters. The van der Waals surface area contributed by atoms with E-state index in [2.05, 4.69) is 5.32 Å². The van der Waals surface area contributed by atoms with Crippen molar-refractivity contribution in [2.45, 2.75) is 13.3 Å². The fraction of sp³-hybridized carbons (Fsp3) is 0.385. The summed E-state index contributed by atoms with van der Waals surface area (Å²) in [6.07, 6.45) is 0.815. The van der Waals surface area contributed by atoms with Gasteiger partial charge in [-0.1, -0.05) is 6.92 Å². The van der Waals surface area contributed by atoms with Gasteiger partial charge in [0, 0.05) is 19.3 Å². The van der Waals surface area contributed by atoms with Gasteiger partial charge in [0.05, 0.1) is 12.1 Å². The summed E-state index contributed by atoms with van der Waals surface area (Å²) in [5.74, 6) is -1.51. The van der Waals surface area contributed by atoms with E-state index in [9.17, 15) is 14.0 Å². The Bertz CT molecular complexity index is 477. The van der Waals surface area contributed by atoms with E-state index < -0.39 is 11.7 Å². The van der Waals surface area contributed by atoms with E-state index in [0.717, 1.165) is 12.5 Å². The number of nitrogens with one attached hydrogen (secondary N) is 1. The summed E-state index contributed by atoms with van der Waals surface area (Å²) in [7, 11) is 1.45. The molecule has 0 heterocycles. The van der Waals surface area contributed by atoms with Crippen LogP contribution in [0, 0.1) is 5.82 Å². The number of amides is 2. The maximum Gasteiger partial charge on any atom is 0.257 e. The van der Waals surface area contributed by atoms with Gasteiger partial charge in [-0.25, -0.2) is 4.39 Å². The molecule has 0 spiro atoms. The summed E-state index contributed by atoms with van der Waals surface area (Å²) in [6.45, 7) is 2.37. The van der Waals surface area contributed by atoms with Gasteiger partial charge >= 0.3 is 0 Å². The highest BCUT2D eigenvalue weighted by Gasteiger charge is 2.18. The van der Waals surface area contributed by atoms with Crippen LogP contribution in [0.25, 0.3) is 0 Å². The number of benzene rings is 1. The Morgan fingerprint density at radius 3 is 2.68 bits per heavy atom. The molecular weight excluding hydrogens is 249 g/mol. The van der Waals surface area contributed by atoms with Crippen molar-refractivity contribution >= 4 is 17.5 Å². The number of nitrogens with zero attached hydrogens (tertiary/aromatic N) is 1. The number of carbonyl (C=O) groups is 2. The zero-order chi connectivity index (χ0) is 14.4. The first-order valence-electron chi connectivity index (χ1n) is 6.03. The number of carbonyl (C=O) groups excluding carboxylic acids is 2. The lowest BCUT2D eigenvalue weighted by Crippen LogP contribution is -2.38. The first-order chi connectivity index (χ1) is 8.95. The lowest BCUT2D eigenvalue weighted by Gasteiger charge is -2.17. The van der Waals surface area contributed by atoms with Crippen LogP contribution in [0.5, 0.6) is 0 Å². The summed E-state index contributed by atoms with van der Waals surface area (Å²) >= 11 is 0. The van der Waals surface area contributed by atoms with Crippen LogP contribution in [-0.2, 0) is 4.79 Å². The minimum Gasteiger partial charge on any atom is -0.399 e. The monoisotopic (exact) mass is 267 g/mol. The average molecular weight is 267 g/mol. The number of halogens is 1. The topological polar surface area (TPSA) is 75.4 Å². The Morgan fingerprint density at radius 1 is 1.42 bits per heavy atom. The van der Waals surface area contributed by atoms with Crippen LogP contribution in [0.1, 0.15) is 23.7 Å².